The molecule has 0 radical (unpaired) electrons. The van der Waals surface area contributed by atoms with Crippen LogP contribution in [0.25, 0.3) is 28.2 Å². The Kier molecular flexibility index (Phi) is 5.61. The summed E-state index contributed by atoms with van der Waals surface area (Å²) in [6, 6.07) is 10.9. The van der Waals surface area contributed by atoms with E-state index in [-0.39, 0.29) is 17.2 Å². The van der Waals surface area contributed by atoms with Crippen molar-refractivity contribution in [3.63, 3.8) is 0 Å². The van der Waals surface area contributed by atoms with E-state index in [4.69, 9.17) is 11.6 Å². The number of hydrogen-bond acceptors (Lipinski definition) is 4. The highest BCUT2D eigenvalue weighted by Gasteiger charge is 2.35. The van der Waals surface area contributed by atoms with Gasteiger partial charge in [0.2, 0.25) is 5.91 Å². The third-order valence-corrected chi connectivity index (χ3v) is 5.19. The second kappa shape index (κ2) is 8.15. The smallest absolute Gasteiger partial charge is 0.324 e. The zero-order chi connectivity index (χ0) is 24.0. The Morgan fingerprint density at radius 2 is 1.82 bits per heavy atom. The number of nitrogens with one attached hydrogen (secondary N) is 1. The number of alkyl halides is 3. The third kappa shape index (κ3) is 4.68. The number of carbonyl (C=O) groups is 1. The molecule has 1 aromatic carbocycles. The van der Waals surface area contributed by atoms with Crippen molar-refractivity contribution in [2.75, 3.05) is 5.32 Å². The summed E-state index contributed by atoms with van der Waals surface area (Å²) in [6.07, 6.45) is -1.91. The number of halogens is 4. The van der Waals surface area contributed by atoms with Crippen LogP contribution in [-0.4, -0.2) is 25.5 Å². The minimum Gasteiger partial charge on any atom is -0.324 e. The summed E-state index contributed by atoms with van der Waals surface area (Å²) >= 11 is 6.25. The Bertz CT molecular complexity index is 1360. The van der Waals surface area contributed by atoms with E-state index in [2.05, 4.69) is 20.4 Å². The van der Waals surface area contributed by atoms with Gasteiger partial charge in [0.25, 0.3) is 0 Å². The first-order valence-corrected chi connectivity index (χ1v) is 10.3. The molecule has 4 rings (SSSR count). The number of anilines is 1. The molecule has 0 spiro atoms. The minimum atomic E-state index is -4.61. The Morgan fingerprint density at radius 3 is 2.52 bits per heavy atom. The second-order valence-electron chi connectivity index (χ2n) is 8.44. The molecule has 0 aliphatic carbocycles. The van der Waals surface area contributed by atoms with Gasteiger partial charge in [-0.15, -0.1) is 0 Å². The van der Waals surface area contributed by atoms with Crippen LogP contribution < -0.4 is 5.32 Å². The molecular formula is C23H19ClF3N5O. The number of nitrogens with zero attached hydrogens (tertiary/aromatic N) is 4. The van der Waals surface area contributed by atoms with Crippen molar-refractivity contribution in [2.45, 2.75) is 26.9 Å². The largest absolute Gasteiger partial charge is 0.434 e. The maximum absolute atomic E-state index is 13.4. The van der Waals surface area contributed by atoms with Crippen molar-refractivity contribution in [3.05, 3.63) is 65.6 Å². The molecule has 0 saturated carbocycles. The van der Waals surface area contributed by atoms with Gasteiger partial charge in [-0.05, 0) is 36.4 Å². The monoisotopic (exact) mass is 473 g/mol. The van der Waals surface area contributed by atoms with Crippen molar-refractivity contribution in [1.29, 1.82) is 0 Å². The lowest BCUT2D eigenvalue weighted by Gasteiger charge is -2.18. The lowest BCUT2D eigenvalue weighted by atomic mass is 9.95. The number of aromatic nitrogens is 4. The van der Waals surface area contributed by atoms with E-state index in [1.807, 2.05) is 0 Å². The van der Waals surface area contributed by atoms with Gasteiger partial charge >= 0.3 is 6.18 Å². The molecular weight excluding hydrogens is 455 g/mol. The molecule has 0 aliphatic heterocycles. The normalized spacial score (nSPS) is 12.2. The third-order valence-electron chi connectivity index (χ3n) is 4.86. The molecule has 1 N–H and O–H groups in total. The standard InChI is InChI=1S/C23H19ClF3N5O/c1-22(2,3)21(33)30-17-11-13(6-7-15(17)24)18-12-32-19(29-18)9-8-16(31-32)14-5-4-10-28-20(14)23(25,26)27/h4-12H,1-3H3,(H,30,33). The summed E-state index contributed by atoms with van der Waals surface area (Å²) in [5.41, 5.74) is 0.435. The van der Waals surface area contributed by atoms with Crippen molar-refractivity contribution >= 4 is 28.8 Å². The van der Waals surface area contributed by atoms with Gasteiger partial charge < -0.3 is 5.32 Å². The van der Waals surface area contributed by atoms with Crippen LogP contribution in [0.1, 0.15) is 26.5 Å². The van der Waals surface area contributed by atoms with Crippen molar-refractivity contribution in [1.82, 2.24) is 19.6 Å². The van der Waals surface area contributed by atoms with Crippen LogP contribution in [0.2, 0.25) is 5.02 Å². The highest BCUT2D eigenvalue weighted by atomic mass is 35.5. The van der Waals surface area contributed by atoms with Gasteiger partial charge in [-0.25, -0.2) is 9.50 Å². The number of fused-ring (bicyclic) bond motifs is 1. The maximum Gasteiger partial charge on any atom is 0.434 e. The molecule has 6 nitrogen and oxygen atoms in total. The Hall–Kier alpha value is -3.46. The fourth-order valence-electron chi connectivity index (χ4n) is 3.09. The molecule has 0 unspecified atom stereocenters. The van der Waals surface area contributed by atoms with Crippen LogP contribution in [0.5, 0.6) is 0 Å². The maximum atomic E-state index is 13.4. The van der Waals surface area contributed by atoms with E-state index >= 15 is 0 Å². The van der Waals surface area contributed by atoms with E-state index in [1.54, 1.807) is 51.2 Å². The number of benzene rings is 1. The summed E-state index contributed by atoms with van der Waals surface area (Å²) in [7, 11) is 0. The van der Waals surface area contributed by atoms with Gasteiger partial charge in [-0.2, -0.15) is 18.3 Å². The fourth-order valence-corrected chi connectivity index (χ4v) is 3.26. The number of amides is 1. The molecule has 0 fully saturated rings. The average molecular weight is 474 g/mol. The summed E-state index contributed by atoms with van der Waals surface area (Å²) in [5.74, 6) is -0.195. The molecule has 4 aromatic rings. The quantitative estimate of drug-likeness (QED) is 0.389. The first-order chi connectivity index (χ1) is 15.4. The highest BCUT2D eigenvalue weighted by molar-refractivity contribution is 6.33. The van der Waals surface area contributed by atoms with Crippen LogP contribution in [0.3, 0.4) is 0 Å². The SMILES string of the molecule is CC(C)(C)C(=O)Nc1cc(-c2cn3nc(-c4cccnc4C(F)(F)F)ccc3n2)ccc1Cl. The number of carbonyl (C=O) groups excluding carboxylic acids is 1. The van der Waals surface area contributed by atoms with E-state index in [9.17, 15) is 18.0 Å². The number of rotatable bonds is 3. The molecule has 0 bridgehead atoms. The van der Waals surface area contributed by atoms with Gasteiger partial charge in [0, 0.05) is 22.7 Å². The van der Waals surface area contributed by atoms with Crippen molar-refractivity contribution in [2.24, 2.45) is 5.41 Å². The lowest BCUT2D eigenvalue weighted by Crippen LogP contribution is -2.27. The van der Waals surface area contributed by atoms with Crippen LogP contribution in [0.4, 0.5) is 18.9 Å². The van der Waals surface area contributed by atoms with E-state index in [0.717, 1.165) is 6.20 Å². The van der Waals surface area contributed by atoms with Gasteiger partial charge in [0.05, 0.1) is 28.3 Å². The molecule has 3 aromatic heterocycles. The average Bonchev–Trinajstić information content (AvgIpc) is 3.17. The zero-order valence-corrected chi connectivity index (χ0v) is 18.7. The van der Waals surface area contributed by atoms with E-state index < -0.39 is 17.3 Å². The lowest BCUT2D eigenvalue weighted by molar-refractivity contribution is -0.140. The minimum absolute atomic E-state index is 0.112. The predicted molar refractivity (Wildman–Crippen MR) is 120 cm³/mol. The van der Waals surface area contributed by atoms with Gasteiger partial charge in [-0.3, -0.25) is 9.78 Å². The van der Waals surface area contributed by atoms with Crippen LogP contribution >= 0.6 is 11.6 Å². The first-order valence-electron chi connectivity index (χ1n) is 9.94. The van der Waals surface area contributed by atoms with Crippen molar-refractivity contribution < 1.29 is 18.0 Å². The van der Waals surface area contributed by atoms with Crippen molar-refractivity contribution in [3.8, 4) is 22.5 Å². The predicted octanol–water partition coefficient (Wildman–Crippen LogP) is 6.12. The summed E-state index contributed by atoms with van der Waals surface area (Å²) in [4.78, 5) is 20.3. The number of pyridine rings is 1. The summed E-state index contributed by atoms with van der Waals surface area (Å²) in [5, 5.41) is 7.49. The Balaban J connectivity index is 1.72. The molecule has 10 heteroatoms. The van der Waals surface area contributed by atoms with Gasteiger partial charge in [0.15, 0.2) is 11.3 Å². The van der Waals surface area contributed by atoms with Gasteiger partial charge in [0.1, 0.15) is 0 Å². The van der Waals surface area contributed by atoms with Crippen LogP contribution in [0, 0.1) is 5.41 Å². The molecule has 0 aliphatic rings. The fraction of sp³-hybridized carbons (Fsp3) is 0.217. The number of hydrogen-bond donors (Lipinski definition) is 1. The van der Waals surface area contributed by atoms with Gasteiger partial charge in [-0.1, -0.05) is 38.4 Å². The summed E-state index contributed by atoms with van der Waals surface area (Å²) in [6.45, 7) is 5.37. The highest BCUT2D eigenvalue weighted by Crippen LogP contribution is 2.35. The van der Waals surface area contributed by atoms with Crippen LogP contribution in [-0.2, 0) is 11.0 Å². The van der Waals surface area contributed by atoms with Crippen LogP contribution in [0.15, 0.2) is 54.9 Å². The topological polar surface area (TPSA) is 72.2 Å². The summed E-state index contributed by atoms with van der Waals surface area (Å²) < 4.78 is 41.5. The second-order valence-corrected chi connectivity index (χ2v) is 8.85. The molecule has 1 amide bonds. The molecule has 0 atom stereocenters. The Labute approximate surface area is 192 Å². The molecule has 33 heavy (non-hydrogen) atoms. The number of imidazole rings is 1. The molecule has 170 valence electrons. The Morgan fingerprint density at radius 1 is 1.06 bits per heavy atom. The molecule has 3 heterocycles. The zero-order valence-electron chi connectivity index (χ0n) is 17.9. The first kappa shape index (κ1) is 22.7. The van der Waals surface area contributed by atoms with E-state index in [1.165, 1.54) is 22.7 Å². The molecule has 0 saturated heterocycles. The van der Waals surface area contributed by atoms with E-state index in [0.29, 0.717) is 27.6 Å².